The molecule has 1 aromatic heterocycles. The molecule has 0 radical (unpaired) electrons. The Morgan fingerprint density at radius 2 is 2.00 bits per heavy atom. The first-order valence-electron chi connectivity index (χ1n) is 9.48. The number of esters is 1. The van der Waals surface area contributed by atoms with Gasteiger partial charge in [-0.3, -0.25) is 10.1 Å². The molecule has 2 aromatic rings. The van der Waals surface area contributed by atoms with Crippen LogP contribution in [0, 0.1) is 0 Å². The van der Waals surface area contributed by atoms with Crippen LogP contribution in [-0.4, -0.2) is 41.4 Å². The second kappa shape index (κ2) is 9.50. The number of carbonyl (C=O) groups is 2. The van der Waals surface area contributed by atoms with Gasteiger partial charge in [-0.2, -0.15) is 0 Å². The molecule has 150 valence electrons. The number of nitrogens with one attached hydrogen (secondary N) is 2. The number of piperidine rings is 1. The zero-order chi connectivity index (χ0) is 19.9. The summed E-state index contributed by atoms with van der Waals surface area (Å²) in [5.41, 5.74) is 1.45. The number of anilines is 3. The van der Waals surface area contributed by atoms with E-state index in [9.17, 15) is 9.59 Å². The van der Waals surface area contributed by atoms with Gasteiger partial charge in [-0.1, -0.05) is 23.5 Å². The Bertz CT molecular complexity index is 808. The third kappa shape index (κ3) is 5.41. The van der Waals surface area contributed by atoms with Crippen molar-refractivity contribution in [2.24, 2.45) is 0 Å². The first kappa shape index (κ1) is 20.1. The van der Waals surface area contributed by atoms with E-state index in [0.29, 0.717) is 23.5 Å². The van der Waals surface area contributed by atoms with E-state index in [4.69, 9.17) is 4.74 Å². The smallest absolute Gasteiger partial charge is 0.325 e. The minimum absolute atomic E-state index is 0.211. The van der Waals surface area contributed by atoms with E-state index < -0.39 is 0 Å². The molecule has 0 saturated carbocycles. The van der Waals surface area contributed by atoms with E-state index in [2.05, 4.69) is 32.7 Å². The summed E-state index contributed by atoms with van der Waals surface area (Å²) in [7, 11) is 0. The molecule has 28 heavy (non-hydrogen) atoms. The molecule has 9 heteroatoms. The number of nitrogens with zero attached hydrogens (tertiary/aromatic N) is 3. The predicted molar refractivity (Wildman–Crippen MR) is 110 cm³/mol. The normalized spacial score (nSPS) is 16.5. The fraction of sp³-hybridized carbons (Fsp3) is 0.474. The van der Waals surface area contributed by atoms with E-state index in [1.165, 1.54) is 17.8 Å². The van der Waals surface area contributed by atoms with Crippen LogP contribution in [0.3, 0.4) is 0 Å². The van der Waals surface area contributed by atoms with Crippen molar-refractivity contribution >= 4 is 39.3 Å². The largest absolute Gasteiger partial charge is 0.466 e. The Morgan fingerprint density at radius 3 is 2.71 bits per heavy atom. The highest BCUT2D eigenvalue weighted by Gasteiger charge is 2.22. The number of aromatic nitrogens is 2. The molecule has 0 bridgehead atoms. The molecule has 1 aliphatic heterocycles. The van der Waals surface area contributed by atoms with Crippen molar-refractivity contribution in [3.8, 4) is 0 Å². The molecule has 2 heterocycles. The lowest BCUT2D eigenvalue weighted by molar-refractivity contribution is -0.142. The quantitative estimate of drug-likeness (QED) is 0.715. The van der Waals surface area contributed by atoms with Gasteiger partial charge < -0.3 is 15.0 Å². The Hall–Kier alpha value is -2.68. The molecular weight excluding hydrogens is 378 g/mol. The zero-order valence-corrected chi connectivity index (χ0v) is 16.9. The van der Waals surface area contributed by atoms with Gasteiger partial charge in [0.15, 0.2) is 0 Å². The molecule has 8 nitrogen and oxygen atoms in total. The molecule has 1 aromatic carbocycles. The first-order valence-corrected chi connectivity index (χ1v) is 10.3. The van der Waals surface area contributed by atoms with Gasteiger partial charge in [0, 0.05) is 18.3 Å². The maximum atomic E-state index is 12.2. The molecule has 1 saturated heterocycles. The zero-order valence-electron chi connectivity index (χ0n) is 16.1. The highest BCUT2D eigenvalue weighted by atomic mass is 32.1. The molecule has 2 N–H and O–H groups in total. The number of carbonyl (C=O) groups excluding carboxylic acids is 2. The van der Waals surface area contributed by atoms with E-state index in [1.54, 1.807) is 31.2 Å². The molecule has 1 fully saturated rings. The third-order valence-corrected chi connectivity index (χ3v) is 5.42. The van der Waals surface area contributed by atoms with Crippen LogP contribution >= 0.6 is 11.3 Å². The molecule has 2 amide bonds. The number of ether oxygens (including phenoxy) is 1. The molecular formula is C19H25N5O3S. The average Bonchev–Trinajstić information content (AvgIpc) is 3.12. The van der Waals surface area contributed by atoms with Crippen LogP contribution in [0.2, 0.25) is 0 Å². The maximum Gasteiger partial charge on any atom is 0.325 e. The highest BCUT2D eigenvalue weighted by molar-refractivity contribution is 7.19. The SMILES string of the molecule is CCOC(=O)Cc1ccc(NC(=O)Nc2nnc(N3CCCC[C@@H]3C)s2)cc1. The fourth-order valence-corrected chi connectivity index (χ4v) is 3.98. The van der Waals surface area contributed by atoms with Crippen molar-refractivity contribution in [3.63, 3.8) is 0 Å². The van der Waals surface area contributed by atoms with Gasteiger partial charge in [0.25, 0.3) is 0 Å². The average molecular weight is 404 g/mol. The van der Waals surface area contributed by atoms with Crippen LogP contribution in [-0.2, 0) is 16.0 Å². The summed E-state index contributed by atoms with van der Waals surface area (Å²) in [5.74, 6) is -0.268. The summed E-state index contributed by atoms with van der Waals surface area (Å²) < 4.78 is 4.93. The number of urea groups is 1. The number of amides is 2. The predicted octanol–water partition coefficient (Wildman–Crippen LogP) is 3.67. The monoisotopic (exact) mass is 403 g/mol. The van der Waals surface area contributed by atoms with Gasteiger partial charge in [0.2, 0.25) is 10.3 Å². The van der Waals surface area contributed by atoms with Gasteiger partial charge in [0.05, 0.1) is 13.0 Å². The molecule has 1 aliphatic rings. The lowest BCUT2D eigenvalue weighted by Crippen LogP contribution is -2.37. The molecule has 1 atom stereocenters. The maximum absolute atomic E-state index is 12.2. The summed E-state index contributed by atoms with van der Waals surface area (Å²) in [6.45, 7) is 5.30. The van der Waals surface area contributed by atoms with Crippen molar-refractivity contribution in [3.05, 3.63) is 29.8 Å². The standard InChI is InChI=1S/C19H25N5O3S/c1-3-27-16(25)12-14-7-9-15(10-8-14)20-17(26)21-18-22-23-19(28-18)24-11-5-4-6-13(24)2/h7-10,13H,3-6,11-12H2,1-2H3,(H2,20,21,22,26)/t13-/m0/s1. The third-order valence-electron chi connectivity index (χ3n) is 4.55. The fourth-order valence-electron chi connectivity index (χ4n) is 3.11. The van der Waals surface area contributed by atoms with Crippen LogP contribution in [0.15, 0.2) is 24.3 Å². The van der Waals surface area contributed by atoms with Crippen molar-refractivity contribution < 1.29 is 14.3 Å². The van der Waals surface area contributed by atoms with E-state index in [0.717, 1.165) is 30.1 Å². The summed E-state index contributed by atoms with van der Waals surface area (Å²) >= 11 is 1.38. The van der Waals surface area contributed by atoms with Crippen LogP contribution in [0.4, 0.5) is 20.7 Å². The van der Waals surface area contributed by atoms with Crippen LogP contribution in [0.25, 0.3) is 0 Å². The molecule has 0 spiro atoms. The van der Waals surface area contributed by atoms with Crippen molar-refractivity contribution in [2.45, 2.75) is 45.6 Å². The van der Waals surface area contributed by atoms with Crippen molar-refractivity contribution in [1.29, 1.82) is 0 Å². The molecule has 0 unspecified atom stereocenters. The van der Waals surface area contributed by atoms with Crippen LogP contribution in [0.1, 0.15) is 38.7 Å². The van der Waals surface area contributed by atoms with E-state index in [1.807, 2.05) is 0 Å². The van der Waals surface area contributed by atoms with E-state index >= 15 is 0 Å². The second-order valence-electron chi connectivity index (χ2n) is 6.69. The van der Waals surface area contributed by atoms with Crippen LogP contribution in [0.5, 0.6) is 0 Å². The summed E-state index contributed by atoms with van der Waals surface area (Å²) in [6, 6.07) is 7.12. The van der Waals surface area contributed by atoms with Gasteiger partial charge in [-0.05, 0) is 50.8 Å². The summed E-state index contributed by atoms with van der Waals surface area (Å²) in [6.07, 6.45) is 3.75. The van der Waals surface area contributed by atoms with Gasteiger partial charge in [-0.25, -0.2) is 4.79 Å². The van der Waals surface area contributed by atoms with Crippen molar-refractivity contribution in [1.82, 2.24) is 10.2 Å². The highest BCUT2D eigenvalue weighted by Crippen LogP contribution is 2.29. The minimum Gasteiger partial charge on any atom is -0.466 e. The first-order chi connectivity index (χ1) is 13.5. The second-order valence-corrected chi connectivity index (χ2v) is 7.64. The van der Waals surface area contributed by atoms with Gasteiger partial charge >= 0.3 is 12.0 Å². The lowest BCUT2D eigenvalue weighted by atomic mass is 10.1. The lowest BCUT2D eigenvalue weighted by Gasteiger charge is -2.32. The number of rotatable bonds is 6. The number of hydrogen-bond donors (Lipinski definition) is 2. The molecule has 3 rings (SSSR count). The minimum atomic E-state index is -0.382. The Morgan fingerprint density at radius 1 is 1.21 bits per heavy atom. The number of benzene rings is 1. The van der Waals surface area contributed by atoms with Crippen LogP contribution < -0.4 is 15.5 Å². The van der Waals surface area contributed by atoms with E-state index in [-0.39, 0.29) is 18.4 Å². The summed E-state index contributed by atoms with van der Waals surface area (Å²) in [5, 5.41) is 15.1. The Kier molecular flexibility index (Phi) is 6.80. The Balaban J connectivity index is 1.52. The van der Waals surface area contributed by atoms with Gasteiger partial charge in [0.1, 0.15) is 0 Å². The molecule has 0 aliphatic carbocycles. The van der Waals surface area contributed by atoms with Gasteiger partial charge in [-0.15, -0.1) is 10.2 Å². The topological polar surface area (TPSA) is 96.4 Å². The number of hydrogen-bond acceptors (Lipinski definition) is 7. The van der Waals surface area contributed by atoms with Crippen molar-refractivity contribution in [2.75, 3.05) is 28.7 Å². The Labute approximate surface area is 168 Å². The summed E-state index contributed by atoms with van der Waals surface area (Å²) in [4.78, 5) is 25.9.